The van der Waals surface area contributed by atoms with Gasteiger partial charge in [-0.1, -0.05) is 18.2 Å². The Balaban J connectivity index is 1.35. The van der Waals surface area contributed by atoms with Gasteiger partial charge in [-0.15, -0.1) is 0 Å². The number of anilines is 1. The van der Waals surface area contributed by atoms with Gasteiger partial charge >= 0.3 is 0 Å². The Labute approximate surface area is 175 Å². The second-order valence-electron chi connectivity index (χ2n) is 8.78. The Morgan fingerprint density at radius 1 is 1.10 bits per heavy atom. The number of nitrogen functional groups attached to an aromatic ring is 1. The van der Waals surface area contributed by atoms with Crippen LogP contribution in [0.5, 0.6) is 0 Å². The Bertz CT molecular complexity index is 1180. The van der Waals surface area contributed by atoms with Crippen LogP contribution in [0.1, 0.15) is 24.6 Å². The van der Waals surface area contributed by atoms with Crippen LogP contribution in [0, 0.1) is 0 Å². The highest BCUT2D eigenvalue weighted by molar-refractivity contribution is 5.91. The van der Waals surface area contributed by atoms with Gasteiger partial charge in [0, 0.05) is 61.4 Å². The highest BCUT2D eigenvalue weighted by atomic mass is 15.3. The maximum absolute atomic E-state index is 6.32. The number of nitrogens with one attached hydrogen (secondary N) is 1. The van der Waals surface area contributed by atoms with E-state index in [1.807, 2.05) is 12.3 Å². The summed E-state index contributed by atoms with van der Waals surface area (Å²) in [6, 6.07) is 11.1. The van der Waals surface area contributed by atoms with Gasteiger partial charge in [0.25, 0.3) is 0 Å². The first kappa shape index (κ1) is 17.9. The van der Waals surface area contributed by atoms with Crippen molar-refractivity contribution in [1.29, 1.82) is 0 Å². The minimum absolute atomic E-state index is 0.460. The summed E-state index contributed by atoms with van der Waals surface area (Å²) in [4.78, 5) is 18.0. The highest BCUT2D eigenvalue weighted by Gasteiger charge is 2.38. The lowest BCUT2D eigenvalue weighted by Gasteiger charge is -2.45. The average molecular weight is 402 g/mol. The number of hydrogen-bond acceptors (Lipinski definition) is 5. The number of benzene rings is 1. The van der Waals surface area contributed by atoms with Gasteiger partial charge in [-0.25, -0.2) is 9.97 Å². The summed E-state index contributed by atoms with van der Waals surface area (Å²) in [6.07, 6.45) is 6.11. The monoisotopic (exact) mass is 401 g/mol. The summed E-state index contributed by atoms with van der Waals surface area (Å²) < 4.78 is 2.16. The summed E-state index contributed by atoms with van der Waals surface area (Å²) in [5.74, 6) is 2.10. The number of H-pyrrole nitrogens is 1. The first-order chi connectivity index (χ1) is 14.7. The molecule has 1 saturated carbocycles. The number of aromatic nitrogens is 4. The minimum atomic E-state index is 0.460. The predicted octanol–water partition coefficient (Wildman–Crippen LogP) is 2.95. The first-order valence-corrected chi connectivity index (χ1v) is 10.8. The molecule has 3 aromatic heterocycles. The molecule has 0 unspecified atom stereocenters. The third kappa shape index (κ3) is 2.80. The van der Waals surface area contributed by atoms with Gasteiger partial charge in [-0.2, -0.15) is 0 Å². The zero-order valence-corrected chi connectivity index (χ0v) is 17.3. The van der Waals surface area contributed by atoms with E-state index in [4.69, 9.17) is 10.7 Å². The zero-order chi connectivity index (χ0) is 20.2. The van der Waals surface area contributed by atoms with E-state index in [2.05, 4.69) is 55.5 Å². The molecule has 2 aliphatic rings. The molecule has 4 heterocycles. The topological polar surface area (TPSA) is 78.5 Å². The number of hydrogen-bond donors (Lipinski definition) is 2. The molecule has 1 aromatic carbocycles. The molecule has 7 nitrogen and oxygen atoms in total. The Hall–Kier alpha value is -2.90. The van der Waals surface area contributed by atoms with Crippen LogP contribution in [-0.2, 0) is 0 Å². The van der Waals surface area contributed by atoms with E-state index in [-0.39, 0.29) is 0 Å². The van der Waals surface area contributed by atoms with E-state index in [1.165, 1.54) is 31.6 Å². The van der Waals surface area contributed by atoms with E-state index in [9.17, 15) is 0 Å². The molecule has 0 amide bonds. The number of likely N-dealkylation sites (N-methyl/N-ethyl adjacent to an activating group) is 1. The SMILES string of the molecule is CN1CCN(C2CC(c3nc(-c4cc5ccccc5[nH]4)c4c(N)nccn34)C2)CC1. The number of para-hydroxylation sites is 1. The molecule has 4 aromatic rings. The molecule has 1 aliphatic heterocycles. The standard InChI is InChI=1S/C23H27N7/c1-28-8-10-29(11-9-28)17-12-16(13-17)23-27-20(21-22(24)25-6-7-30(21)23)19-14-15-4-2-3-5-18(15)26-19/h2-7,14,16-17,26H,8-13H2,1H3,(H2,24,25). The van der Waals surface area contributed by atoms with Gasteiger partial charge in [-0.05, 0) is 32.0 Å². The van der Waals surface area contributed by atoms with Crippen molar-refractivity contribution in [2.24, 2.45) is 0 Å². The van der Waals surface area contributed by atoms with Crippen LogP contribution >= 0.6 is 0 Å². The van der Waals surface area contributed by atoms with Crippen LogP contribution in [0.2, 0.25) is 0 Å². The molecule has 0 bridgehead atoms. The largest absolute Gasteiger partial charge is 0.382 e. The van der Waals surface area contributed by atoms with Gasteiger partial charge in [0.1, 0.15) is 22.9 Å². The third-order valence-corrected chi connectivity index (χ3v) is 6.93. The summed E-state index contributed by atoms with van der Waals surface area (Å²) in [7, 11) is 2.21. The van der Waals surface area contributed by atoms with Crippen molar-refractivity contribution in [2.45, 2.75) is 24.8 Å². The molecular weight excluding hydrogens is 374 g/mol. The second-order valence-corrected chi connectivity index (χ2v) is 8.78. The molecule has 154 valence electrons. The second kappa shape index (κ2) is 6.82. The first-order valence-electron chi connectivity index (χ1n) is 10.8. The molecule has 2 fully saturated rings. The molecule has 1 saturated heterocycles. The lowest BCUT2D eigenvalue weighted by molar-refractivity contribution is 0.0586. The Morgan fingerprint density at radius 3 is 2.70 bits per heavy atom. The van der Waals surface area contributed by atoms with E-state index in [0.29, 0.717) is 17.8 Å². The van der Waals surface area contributed by atoms with Crippen molar-refractivity contribution < 1.29 is 0 Å². The smallest absolute Gasteiger partial charge is 0.150 e. The quantitative estimate of drug-likeness (QED) is 0.552. The summed E-state index contributed by atoms with van der Waals surface area (Å²) in [5.41, 5.74) is 10.2. The maximum Gasteiger partial charge on any atom is 0.150 e. The van der Waals surface area contributed by atoms with Crippen LogP contribution in [-0.4, -0.2) is 68.4 Å². The average Bonchev–Trinajstić information content (AvgIpc) is 3.31. The molecule has 6 rings (SSSR count). The van der Waals surface area contributed by atoms with E-state index in [1.54, 1.807) is 6.20 Å². The van der Waals surface area contributed by atoms with Crippen LogP contribution in [0.15, 0.2) is 42.7 Å². The van der Waals surface area contributed by atoms with Crippen LogP contribution in [0.3, 0.4) is 0 Å². The number of aromatic amines is 1. The molecule has 0 atom stereocenters. The Morgan fingerprint density at radius 2 is 1.90 bits per heavy atom. The molecule has 7 heteroatoms. The fourth-order valence-electron chi connectivity index (χ4n) is 5.05. The maximum atomic E-state index is 6.32. The number of fused-ring (bicyclic) bond motifs is 2. The van der Waals surface area contributed by atoms with Crippen molar-refractivity contribution >= 4 is 22.2 Å². The number of piperazine rings is 1. The normalized spacial score (nSPS) is 23.2. The lowest BCUT2D eigenvalue weighted by atomic mass is 9.78. The number of imidazole rings is 1. The Kier molecular flexibility index (Phi) is 4.07. The van der Waals surface area contributed by atoms with Crippen LogP contribution < -0.4 is 5.73 Å². The van der Waals surface area contributed by atoms with Crippen molar-refractivity contribution in [1.82, 2.24) is 29.2 Å². The molecule has 1 aliphatic carbocycles. The van der Waals surface area contributed by atoms with Gasteiger partial charge in [0.05, 0.1) is 5.69 Å². The van der Waals surface area contributed by atoms with Crippen molar-refractivity contribution in [3.63, 3.8) is 0 Å². The fraction of sp³-hybridized carbons (Fsp3) is 0.391. The summed E-state index contributed by atoms with van der Waals surface area (Å²) in [5, 5.41) is 1.18. The third-order valence-electron chi connectivity index (χ3n) is 6.93. The van der Waals surface area contributed by atoms with E-state index >= 15 is 0 Å². The van der Waals surface area contributed by atoms with Crippen LogP contribution in [0.4, 0.5) is 5.82 Å². The van der Waals surface area contributed by atoms with Gasteiger partial charge in [0.15, 0.2) is 0 Å². The van der Waals surface area contributed by atoms with Crippen LogP contribution in [0.25, 0.3) is 27.8 Å². The molecule has 0 radical (unpaired) electrons. The molecule has 30 heavy (non-hydrogen) atoms. The van der Waals surface area contributed by atoms with Gasteiger partial charge in [-0.3, -0.25) is 9.30 Å². The summed E-state index contributed by atoms with van der Waals surface area (Å²) >= 11 is 0. The van der Waals surface area contributed by atoms with E-state index in [0.717, 1.165) is 41.1 Å². The molecule has 0 spiro atoms. The van der Waals surface area contributed by atoms with Gasteiger partial charge in [0.2, 0.25) is 0 Å². The molecular formula is C23H27N7. The predicted molar refractivity (Wildman–Crippen MR) is 120 cm³/mol. The van der Waals surface area contributed by atoms with Crippen molar-refractivity contribution in [3.8, 4) is 11.4 Å². The summed E-state index contributed by atoms with van der Waals surface area (Å²) in [6.45, 7) is 4.68. The van der Waals surface area contributed by atoms with Crippen molar-refractivity contribution in [2.75, 3.05) is 39.0 Å². The fourth-order valence-corrected chi connectivity index (χ4v) is 5.05. The zero-order valence-electron chi connectivity index (χ0n) is 17.3. The minimum Gasteiger partial charge on any atom is -0.382 e. The van der Waals surface area contributed by atoms with Crippen molar-refractivity contribution in [3.05, 3.63) is 48.5 Å². The number of rotatable bonds is 3. The molecule has 3 N–H and O–H groups in total. The highest BCUT2D eigenvalue weighted by Crippen LogP contribution is 2.42. The number of nitrogens with two attached hydrogens (primary N) is 1. The van der Waals surface area contributed by atoms with E-state index < -0.39 is 0 Å². The lowest BCUT2D eigenvalue weighted by Crippen LogP contribution is -2.52. The number of nitrogens with zero attached hydrogens (tertiary/aromatic N) is 5. The van der Waals surface area contributed by atoms with Gasteiger partial charge < -0.3 is 15.6 Å².